The molecule has 0 amide bonds. The lowest BCUT2D eigenvalue weighted by atomic mass is 10.0. The molecule has 0 fully saturated rings. The van der Waals surface area contributed by atoms with Gasteiger partial charge in [0.05, 0.1) is 5.02 Å². The summed E-state index contributed by atoms with van der Waals surface area (Å²) in [5.41, 5.74) is 2.29. The highest BCUT2D eigenvalue weighted by atomic mass is 35.5. The van der Waals surface area contributed by atoms with Gasteiger partial charge < -0.3 is 0 Å². The van der Waals surface area contributed by atoms with Crippen molar-refractivity contribution in [2.45, 2.75) is 39.5 Å². The molecule has 0 atom stereocenters. The van der Waals surface area contributed by atoms with E-state index in [0.29, 0.717) is 11.8 Å². The van der Waals surface area contributed by atoms with Crippen LogP contribution in [0.25, 0.3) is 0 Å². The second kappa shape index (κ2) is 8.41. The Hall–Kier alpha value is -1.05. The molecule has 0 aliphatic rings. The predicted molar refractivity (Wildman–Crippen MR) is 91.0 cm³/mol. The molecular formula is C18H21Cl2F. The van der Waals surface area contributed by atoms with E-state index < -0.39 is 0 Å². The van der Waals surface area contributed by atoms with Gasteiger partial charge in [-0.25, -0.2) is 4.39 Å². The van der Waals surface area contributed by atoms with Gasteiger partial charge >= 0.3 is 0 Å². The molecule has 0 aromatic heterocycles. The molecule has 0 N–H and O–H groups in total. The Morgan fingerprint density at radius 2 is 1.43 bits per heavy atom. The van der Waals surface area contributed by atoms with Gasteiger partial charge in [-0.1, -0.05) is 75.2 Å². The molecular weight excluding hydrogens is 306 g/mol. The fraction of sp³-hybridized carbons (Fsp3) is 0.333. The third-order valence-corrected chi connectivity index (χ3v) is 3.77. The van der Waals surface area contributed by atoms with Gasteiger partial charge in [0.2, 0.25) is 0 Å². The normalized spacial score (nSPS) is 10.5. The minimum atomic E-state index is -0.351. The van der Waals surface area contributed by atoms with Gasteiger partial charge in [0, 0.05) is 5.02 Å². The monoisotopic (exact) mass is 326 g/mol. The van der Waals surface area contributed by atoms with Crippen molar-refractivity contribution in [3.05, 3.63) is 69.5 Å². The maximum Gasteiger partial charge on any atom is 0.141 e. The quantitative estimate of drug-likeness (QED) is 0.553. The number of rotatable bonds is 2. The maximum atomic E-state index is 12.6. The lowest BCUT2D eigenvalue weighted by Gasteiger charge is -2.05. The highest BCUT2D eigenvalue weighted by Gasteiger charge is 2.03. The van der Waals surface area contributed by atoms with Crippen LogP contribution in [-0.2, 0) is 0 Å². The zero-order valence-electron chi connectivity index (χ0n) is 12.8. The average molecular weight is 327 g/mol. The van der Waals surface area contributed by atoms with Crippen molar-refractivity contribution in [1.82, 2.24) is 0 Å². The van der Waals surface area contributed by atoms with Crippen LogP contribution in [0.5, 0.6) is 0 Å². The lowest BCUT2D eigenvalue weighted by Crippen LogP contribution is -1.87. The molecule has 2 aromatic carbocycles. The Bertz CT molecular complexity index is 577. The molecule has 0 bridgehead atoms. The number of benzene rings is 2. The van der Waals surface area contributed by atoms with Crippen molar-refractivity contribution in [2.75, 3.05) is 0 Å². The summed E-state index contributed by atoms with van der Waals surface area (Å²) < 4.78 is 12.6. The average Bonchev–Trinajstić information content (AvgIpc) is 2.42. The standard InChI is InChI=1S/C9H10ClF.C9H11Cl/c1-6(2)7-3-4-9(11)8(10)5-7;1-7(2)8-5-3-4-6-9(8)10/h3-6H,1-2H3;3-7H,1-2H3. The molecule has 0 saturated carbocycles. The minimum Gasteiger partial charge on any atom is -0.205 e. The molecule has 114 valence electrons. The van der Waals surface area contributed by atoms with Gasteiger partial charge in [0.1, 0.15) is 5.82 Å². The zero-order valence-corrected chi connectivity index (χ0v) is 14.3. The van der Waals surface area contributed by atoms with E-state index >= 15 is 0 Å². The van der Waals surface area contributed by atoms with Crippen LogP contribution in [0.2, 0.25) is 10.0 Å². The summed E-state index contributed by atoms with van der Waals surface area (Å²) in [7, 11) is 0. The highest BCUT2D eigenvalue weighted by molar-refractivity contribution is 6.31. The van der Waals surface area contributed by atoms with E-state index in [1.807, 2.05) is 32.0 Å². The van der Waals surface area contributed by atoms with E-state index in [2.05, 4.69) is 19.9 Å². The van der Waals surface area contributed by atoms with Crippen LogP contribution >= 0.6 is 23.2 Å². The van der Waals surface area contributed by atoms with Crippen molar-refractivity contribution in [1.29, 1.82) is 0 Å². The molecule has 0 aliphatic heterocycles. The molecule has 0 saturated heterocycles. The van der Waals surface area contributed by atoms with Crippen LogP contribution in [0, 0.1) is 5.82 Å². The van der Waals surface area contributed by atoms with Crippen LogP contribution in [0.15, 0.2) is 42.5 Å². The molecule has 3 heteroatoms. The highest BCUT2D eigenvalue weighted by Crippen LogP contribution is 2.23. The SMILES string of the molecule is CC(C)c1ccc(F)c(Cl)c1.CC(C)c1ccccc1Cl. The van der Waals surface area contributed by atoms with Crippen LogP contribution in [0.3, 0.4) is 0 Å². The van der Waals surface area contributed by atoms with Crippen LogP contribution in [0.4, 0.5) is 4.39 Å². The summed E-state index contributed by atoms with van der Waals surface area (Å²) in [6.45, 7) is 8.37. The zero-order chi connectivity index (χ0) is 16.0. The molecule has 2 rings (SSSR count). The summed E-state index contributed by atoms with van der Waals surface area (Å²) in [6.07, 6.45) is 0. The summed E-state index contributed by atoms with van der Waals surface area (Å²) in [5, 5.41) is 1.08. The van der Waals surface area contributed by atoms with Gasteiger partial charge in [-0.3, -0.25) is 0 Å². The minimum absolute atomic E-state index is 0.205. The number of hydrogen-bond acceptors (Lipinski definition) is 0. The molecule has 0 unspecified atom stereocenters. The topological polar surface area (TPSA) is 0 Å². The Balaban J connectivity index is 0.000000211. The molecule has 0 radical (unpaired) electrons. The van der Waals surface area contributed by atoms with Crippen molar-refractivity contribution in [3.8, 4) is 0 Å². The smallest absolute Gasteiger partial charge is 0.141 e. The van der Waals surface area contributed by atoms with Crippen molar-refractivity contribution in [2.24, 2.45) is 0 Å². The first kappa shape index (κ1) is 18.0. The van der Waals surface area contributed by atoms with E-state index in [1.54, 1.807) is 12.1 Å². The molecule has 0 spiro atoms. The fourth-order valence-corrected chi connectivity index (χ4v) is 2.36. The molecule has 0 nitrogen and oxygen atoms in total. The van der Waals surface area contributed by atoms with Crippen molar-refractivity contribution >= 4 is 23.2 Å². The largest absolute Gasteiger partial charge is 0.205 e. The lowest BCUT2D eigenvalue weighted by molar-refractivity contribution is 0.626. The maximum absolute atomic E-state index is 12.6. The van der Waals surface area contributed by atoms with Crippen LogP contribution in [-0.4, -0.2) is 0 Å². The predicted octanol–water partition coefficient (Wildman–Crippen LogP) is 7.07. The van der Waals surface area contributed by atoms with E-state index in [-0.39, 0.29) is 10.8 Å². The molecule has 0 aliphatic carbocycles. The first-order valence-corrected chi connectivity index (χ1v) is 7.78. The van der Waals surface area contributed by atoms with Gasteiger partial charge in [-0.2, -0.15) is 0 Å². The Morgan fingerprint density at radius 1 is 0.810 bits per heavy atom. The Labute approximate surface area is 136 Å². The van der Waals surface area contributed by atoms with Crippen LogP contribution in [0.1, 0.15) is 50.7 Å². The Kier molecular flexibility index (Phi) is 7.21. The summed E-state index contributed by atoms with van der Waals surface area (Å²) in [4.78, 5) is 0. The second-order valence-electron chi connectivity index (χ2n) is 5.50. The van der Waals surface area contributed by atoms with E-state index in [9.17, 15) is 4.39 Å². The van der Waals surface area contributed by atoms with Gasteiger partial charge in [0.15, 0.2) is 0 Å². The Morgan fingerprint density at radius 3 is 1.86 bits per heavy atom. The third-order valence-electron chi connectivity index (χ3n) is 3.14. The number of hydrogen-bond donors (Lipinski definition) is 0. The first-order chi connectivity index (χ1) is 9.82. The van der Waals surface area contributed by atoms with Gasteiger partial charge in [-0.15, -0.1) is 0 Å². The van der Waals surface area contributed by atoms with Gasteiger partial charge in [-0.05, 0) is 41.2 Å². The summed E-state index contributed by atoms with van der Waals surface area (Å²) in [5.74, 6) is 0.567. The fourth-order valence-electron chi connectivity index (χ4n) is 1.81. The van der Waals surface area contributed by atoms with E-state index in [0.717, 1.165) is 10.6 Å². The molecule has 2 aromatic rings. The molecule has 21 heavy (non-hydrogen) atoms. The third kappa shape index (κ3) is 5.68. The van der Waals surface area contributed by atoms with Gasteiger partial charge in [0.25, 0.3) is 0 Å². The second-order valence-corrected chi connectivity index (χ2v) is 6.32. The van der Waals surface area contributed by atoms with E-state index in [4.69, 9.17) is 23.2 Å². The summed E-state index contributed by atoms with van der Waals surface area (Å²) >= 11 is 11.5. The van der Waals surface area contributed by atoms with Crippen LogP contribution < -0.4 is 0 Å². The van der Waals surface area contributed by atoms with E-state index in [1.165, 1.54) is 11.6 Å². The van der Waals surface area contributed by atoms with Crippen molar-refractivity contribution in [3.63, 3.8) is 0 Å². The molecule has 0 heterocycles. The summed E-state index contributed by atoms with van der Waals surface area (Å²) in [6, 6.07) is 12.8. The first-order valence-electron chi connectivity index (χ1n) is 7.02. The number of halogens is 3. The van der Waals surface area contributed by atoms with Crippen molar-refractivity contribution < 1.29 is 4.39 Å².